The van der Waals surface area contributed by atoms with Crippen LogP contribution < -0.4 is 5.01 Å². The number of pyridine rings is 2. The van der Waals surface area contributed by atoms with E-state index in [0.29, 0.717) is 11.9 Å². The first-order valence-electron chi connectivity index (χ1n) is 7.80. The van der Waals surface area contributed by atoms with Crippen LogP contribution in [-0.4, -0.2) is 32.1 Å². The Morgan fingerprint density at radius 1 is 1.19 bits per heavy atom. The number of aryl methyl sites for hydroxylation is 1. The van der Waals surface area contributed by atoms with Crippen molar-refractivity contribution in [3.63, 3.8) is 0 Å². The topological polar surface area (TPSA) is 106 Å². The Morgan fingerprint density at radius 2 is 1.89 bits per heavy atom. The van der Waals surface area contributed by atoms with E-state index in [-0.39, 0.29) is 11.3 Å². The Labute approximate surface area is 152 Å². The van der Waals surface area contributed by atoms with Gasteiger partial charge in [-0.15, -0.1) is 0 Å². The molecule has 2 aromatic rings. The van der Waals surface area contributed by atoms with Crippen LogP contribution in [0.15, 0.2) is 42.0 Å². The predicted octanol–water partition coefficient (Wildman–Crippen LogP) is 2.17. The highest BCUT2D eigenvalue weighted by atomic mass is 19.4. The molecule has 0 amide bonds. The summed E-state index contributed by atoms with van der Waals surface area (Å²) in [5, 5.41) is 35.6. The van der Waals surface area contributed by atoms with E-state index < -0.39 is 30.0 Å². The third kappa shape index (κ3) is 3.60. The van der Waals surface area contributed by atoms with Crippen LogP contribution in [-0.2, 0) is 6.18 Å². The van der Waals surface area contributed by atoms with Crippen LogP contribution in [0.25, 0.3) is 0 Å². The number of nitriles is 1. The molecule has 3 unspecified atom stereocenters. The monoisotopic (exact) mass is 377 g/mol. The number of rotatable bonds is 3. The Morgan fingerprint density at radius 3 is 2.52 bits per heavy atom. The van der Waals surface area contributed by atoms with Gasteiger partial charge in [0.15, 0.2) is 6.23 Å². The van der Waals surface area contributed by atoms with Gasteiger partial charge in [-0.1, -0.05) is 0 Å². The molecule has 0 aliphatic carbocycles. The van der Waals surface area contributed by atoms with Crippen LogP contribution >= 0.6 is 0 Å². The summed E-state index contributed by atoms with van der Waals surface area (Å²) in [6, 6.07) is 4.17. The van der Waals surface area contributed by atoms with Gasteiger partial charge in [0.25, 0.3) is 0 Å². The maximum atomic E-state index is 12.9. The maximum absolute atomic E-state index is 12.9. The summed E-state index contributed by atoms with van der Waals surface area (Å²) in [5.41, 5.74) is -0.275. The molecule has 1 aliphatic rings. The van der Waals surface area contributed by atoms with E-state index >= 15 is 0 Å². The number of hydrogen-bond acceptors (Lipinski definition) is 7. The number of halogens is 3. The normalized spacial score (nSPS) is 20.9. The number of hydrogen-bond donors (Lipinski definition) is 2. The number of nitrogens with zero attached hydrogens (tertiary/aromatic N) is 5. The fourth-order valence-corrected chi connectivity index (χ4v) is 2.80. The first-order valence-corrected chi connectivity index (χ1v) is 7.80. The fourth-order valence-electron chi connectivity index (χ4n) is 2.80. The SMILES string of the molecule is Cc1cncc(N2N=C(C#N)C(C(O)c3cncc(C(F)(F)F)c3)C2O)c1. The predicted molar refractivity (Wildman–Crippen MR) is 88.2 cm³/mol. The van der Waals surface area contributed by atoms with Crippen molar-refractivity contribution in [1.82, 2.24) is 9.97 Å². The van der Waals surface area contributed by atoms with Crippen LogP contribution in [0.2, 0.25) is 0 Å². The highest BCUT2D eigenvalue weighted by Crippen LogP contribution is 2.36. The minimum absolute atomic E-state index is 0.180. The number of aliphatic hydroxyl groups excluding tert-OH is 2. The second-order valence-electron chi connectivity index (χ2n) is 6.05. The van der Waals surface area contributed by atoms with Crippen molar-refractivity contribution in [2.75, 3.05) is 5.01 Å². The second kappa shape index (κ2) is 6.94. The van der Waals surface area contributed by atoms with Gasteiger partial charge < -0.3 is 10.2 Å². The lowest BCUT2D eigenvalue weighted by molar-refractivity contribution is -0.137. The van der Waals surface area contributed by atoms with Gasteiger partial charge in [-0.25, -0.2) is 5.01 Å². The fraction of sp³-hybridized carbons (Fsp3) is 0.294. The van der Waals surface area contributed by atoms with E-state index in [4.69, 9.17) is 0 Å². The van der Waals surface area contributed by atoms with Crippen molar-refractivity contribution in [2.45, 2.75) is 25.4 Å². The molecule has 1 aliphatic heterocycles. The minimum Gasteiger partial charge on any atom is -0.387 e. The van der Waals surface area contributed by atoms with Crippen molar-refractivity contribution in [3.05, 3.63) is 53.6 Å². The average Bonchev–Trinajstić information content (AvgIpc) is 2.97. The van der Waals surface area contributed by atoms with Crippen molar-refractivity contribution in [1.29, 1.82) is 5.26 Å². The van der Waals surface area contributed by atoms with E-state index in [9.17, 15) is 28.6 Å². The van der Waals surface area contributed by atoms with Gasteiger partial charge in [0, 0.05) is 24.2 Å². The highest BCUT2D eigenvalue weighted by molar-refractivity contribution is 6.03. The van der Waals surface area contributed by atoms with Crippen molar-refractivity contribution >= 4 is 11.4 Å². The molecule has 0 saturated carbocycles. The lowest BCUT2D eigenvalue weighted by atomic mass is 9.91. The Bertz CT molecular complexity index is 925. The molecule has 0 saturated heterocycles. The van der Waals surface area contributed by atoms with Gasteiger partial charge in [0.1, 0.15) is 11.8 Å². The van der Waals surface area contributed by atoms with Crippen molar-refractivity contribution in [3.8, 4) is 6.07 Å². The van der Waals surface area contributed by atoms with Crippen LogP contribution in [0.4, 0.5) is 18.9 Å². The number of aliphatic hydroxyl groups is 2. The Balaban J connectivity index is 1.95. The van der Waals surface area contributed by atoms with E-state index in [2.05, 4.69) is 15.1 Å². The van der Waals surface area contributed by atoms with E-state index in [1.54, 1.807) is 25.3 Å². The maximum Gasteiger partial charge on any atom is 0.417 e. The van der Waals surface area contributed by atoms with Crippen LogP contribution in [0.5, 0.6) is 0 Å². The molecule has 3 rings (SSSR count). The summed E-state index contributed by atoms with van der Waals surface area (Å²) >= 11 is 0. The van der Waals surface area contributed by atoms with Crippen LogP contribution in [0.1, 0.15) is 22.8 Å². The third-order valence-corrected chi connectivity index (χ3v) is 4.11. The molecule has 2 aromatic heterocycles. The standard InChI is InChI=1S/C17H14F3N5O2/c1-9-2-12(8-22-5-9)25-16(27)14(13(4-21)24-25)15(26)10-3-11(7-23-6-10)17(18,19)20/h2-3,5-8,14-16,26-27H,1H3. The first-order chi connectivity index (χ1) is 12.7. The van der Waals surface area contributed by atoms with E-state index in [1.165, 1.54) is 6.20 Å². The molecule has 7 nitrogen and oxygen atoms in total. The van der Waals surface area contributed by atoms with Gasteiger partial charge in [-0.05, 0) is 24.6 Å². The quantitative estimate of drug-likeness (QED) is 0.849. The summed E-state index contributed by atoms with van der Waals surface area (Å²) in [6.07, 6.45) is -3.04. The molecule has 0 fully saturated rings. The number of aromatic nitrogens is 2. The minimum atomic E-state index is -4.64. The van der Waals surface area contributed by atoms with E-state index in [1.807, 2.05) is 0 Å². The van der Waals surface area contributed by atoms with Gasteiger partial charge in [0.2, 0.25) is 0 Å². The molecule has 0 aromatic carbocycles. The zero-order chi connectivity index (χ0) is 19.8. The molecule has 140 valence electrons. The molecule has 10 heteroatoms. The Hall–Kier alpha value is -3.03. The van der Waals surface area contributed by atoms with Crippen molar-refractivity contribution in [2.24, 2.45) is 11.0 Å². The summed E-state index contributed by atoms with van der Waals surface area (Å²) in [4.78, 5) is 7.48. The first kappa shape index (κ1) is 18.8. The van der Waals surface area contributed by atoms with Gasteiger partial charge in [-0.2, -0.15) is 23.5 Å². The molecule has 3 atom stereocenters. The van der Waals surface area contributed by atoms with Crippen LogP contribution in [0, 0.1) is 24.2 Å². The lowest BCUT2D eigenvalue weighted by Gasteiger charge is -2.26. The highest BCUT2D eigenvalue weighted by Gasteiger charge is 2.43. The molecular formula is C17H14F3N5O2. The molecule has 0 bridgehead atoms. The average molecular weight is 377 g/mol. The zero-order valence-electron chi connectivity index (χ0n) is 14.0. The lowest BCUT2D eigenvalue weighted by Crippen LogP contribution is -2.36. The van der Waals surface area contributed by atoms with Gasteiger partial charge in [-0.3, -0.25) is 9.97 Å². The second-order valence-corrected chi connectivity index (χ2v) is 6.05. The molecule has 27 heavy (non-hydrogen) atoms. The number of alkyl halides is 3. The summed E-state index contributed by atoms with van der Waals surface area (Å²) < 4.78 is 38.7. The van der Waals surface area contributed by atoms with Crippen LogP contribution in [0.3, 0.4) is 0 Å². The Kier molecular flexibility index (Phi) is 4.82. The van der Waals surface area contributed by atoms with Crippen molar-refractivity contribution < 1.29 is 23.4 Å². The third-order valence-electron chi connectivity index (χ3n) is 4.11. The summed E-state index contributed by atoms with van der Waals surface area (Å²) in [6.45, 7) is 1.77. The smallest absolute Gasteiger partial charge is 0.387 e. The number of hydrazone groups is 1. The zero-order valence-corrected chi connectivity index (χ0v) is 14.0. The molecular weight excluding hydrogens is 363 g/mol. The molecule has 0 radical (unpaired) electrons. The van der Waals surface area contributed by atoms with Gasteiger partial charge >= 0.3 is 6.18 Å². The largest absolute Gasteiger partial charge is 0.417 e. The molecule has 3 heterocycles. The summed E-state index contributed by atoms with van der Waals surface area (Å²) in [5.74, 6) is -1.25. The van der Waals surface area contributed by atoms with E-state index in [0.717, 1.165) is 22.8 Å². The van der Waals surface area contributed by atoms with Gasteiger partial charge in [0.05, 0.1) is 29.5 Å². The molecule has 0 spiro atoms. The molecule has 2 N–H and O–H groups in total. The number of anilines is 1. The summed E-state index contributed by atoms with van der Waals surface area (Å²) in [7, 11) is 0.